The van der Waals surface area contributed by atoms with Crippen LogP contribution < -0.4 is 9.60 Å². The lowest BCUT2D eigenvalue weighted by molar-refractivity contribution is 0.995. The number of hydrogen-bond donors (Lipinski definition) is 2. The Balaban J connectivity index is 2.15. The van der Waals surface area contributed by atoms with Crippen LogP contribution in [0.15, 0.2) is 24.3 Å². The summed E-state index contributed by atoms with van der Waals surface area (Å²) in [4.78, 5) is 9.04. The molecule has 0 fully saturated rings. The molecule has 0 bridgehead atoms. The lowest BCUT2D eigenvalue weighted by Crippen LogP contribution is -1.96. The number of nitrogens with zero attached hydrogens (tertiary/aromatic N) is 4. The highest BCUT2D eigenvalue weighted by atomic mass is 32.1. The Bertz CT molecular complexity index is 812. The molecule has 0 spiro atoms. The number of nitrogens with one attached hydrogen (secondary N) is 2. The van der Waals surface area contributed by atoms with Gasteiger partial charge in [0.05, 0.1) is 0 Å². The molecule has 2 heterocycles. The summed E-state index contributed by atoms with van der Waals surface area (Å²) in [6, 6.07) is 7.86. The second kappa shape index (κ2) is 4.80. The summed E-state index contributed by atoms with van der Waals surface area (Å²) in [6.07, 6.45) is 0. The highest BCUT2D eigenvalue weighted by Crippen LogP contribution is 2.23. The quantitative estimate of drug-likeness (QED) is 0.753. The third-order valence-electron chi connectivity index (χ3n) is 2.84. The van der Waals surface area contributed by atoms with E-state index in [0.29, 0.717) is 9.60 Å². The van der Waals surface area contributed by atoms with Crippen LogP contribution in [0.3, 0.4) is 0 Å². The predicted octanol–water partition coefficient (Wildman–Crippen LogP) is 1.57. The van der Waals surface area contributed by atoms with Crippen molar-refractivity contribution in [2.75, 3.05) is 0 Å². The Morgan fingerprint density at radius 1 is 0.900 bits per heavy atom. The van der Waals surface area contributed by atoms with Gasteiger partial charge in [0.1, 0.15) is 0 Å². The zero-order chi connectivity index (χ0) is 14.3. The van der Waals surface area contributed by atoms with Gasteiger partial charge in [0, 0.05) is 25.2 Å². The van der Waals surface area contributed by atoms with Gasteiger partial charge in [-0.2, -0.15) is 9.97 Å². The third-order valence-corrected chi connectivity index (χ3v) is 4.26. The van der Waals surface area contributed by atoms with Crippen LogP contribution in [0.4, 0.5) is 0 Å². The van der Waals surface area contributed by atoms with E-state index in [9.17, 15) is 0 Å². The van der Waals surface area contributed by atoms with Crippen LogP contribution in [0.25, 0.3) is 22.8 Å². The summed E-state index contributed by atoms with van der Waals surface area (Å²) in [5.41, 5.74) is 1.89. The molecule has 0 saturated heterocycles. The second-order valence-electron chi connectivity index (χ2n) is 4.24. The molecule has 3 rings (SSSR count). The number of aromatic nitrogens is 4. The van der Waals surface area contributed by atoms with E-state index in [4.69, 9.17) is 10.8 Å². The summed E-state index contributed by atoms with van der Waals surface area (Å²) >= 11 is 2.59. The minimum Gasteiger partial charge on any atom is -0.281 e. The molecule has 3 aromatic rings. The molecule has 20 heavy (non-hydrogen) atoms. The maximum Gasteiger partial charge on any atom is 0.219 e. The van der Waals surface area contributed by atoms with E-state index in [-0.39, 0.29) is 0 Å². The number of aryl methyl sites for hydroxylation is 2. The van der Waals surface area contributed by atoms with Gasteiger partial charge in [-0.05, 0) is 29.1 Å². The van der Waals surface area contributed by atoms with Crippen molar-refractivity contribution in [2.24, 2.45) is 14.1 Å². The topological polar surface area (TPSA) is 83.3 Å². The Morgan fingerprint density at radius 2 is 1.35 bits per heavy atom. The number of hydrogen-bond acceptors (Lipinski definition) is 6. The fourth-order valence-electron chi connectivity index (χ4n) is 2.01. The van der Waals surface area contributed by atoms with Crippen molar-refractivity contribution in [1.29, 1.82) is 10.8 Å². The molecule has 0 aliphatic rings. The molecule has 0 aliphatic heterocycles. The molecular formula is C12H12N6S2. The first-order valence-electron chi connectivity index (χ1n) is 5.83. The third kappa shape index (κ3) is 2.23. The van der Waals surface area contributed by atoms with Crippen molar-refractivity contribution in [1.82, 2.24) is 17.9 Å². The van der Waals surface area contributed by atoms with Gasteiger partial charge >= 0.3 is 0 Å². The Labute approximate surface area is 123 Å². The molecular weight excluding hydrogens is 292 g/mol. The van der Waals surface area contributed by atoms with Gasteiger partial charge in [0.2, 0.25) is 9.60 Å². The fraction of sp³-hybridized carbons (Fsp3) is 0.167. The van der Waals surface area contributed by atoms with Crippen molar-refractivity contribution >= 4 is 23.1 Å². The van der Waals surface area contributed by atoms with E-state index >= 15 is 0 Å². The van der Waals surface area contributed by atoms with E-state index in [2.05, 4.69) is 9.97 Å². The van der Waals surface area contributed by atoms with Gasteiger partial charge in [0.25, 0.3) is 0 Å². The van der Waals surface area contributed by atoms with E-state index in [1.165, 1.54) is 23.1 Å². The number of benzene rings is 1. The molecule has 8 heteroatoms. The highest BCUT2D eigenvalue weighted by Gasteiger charge is 2.10. The van der Waals surface area contributed by atoms with Crippen LogP contribution >= 0.6 is 23.1 Å². The van der Waals surface area contributed by atoms with Crippen molar-refractivity contribution in [3.8, 4) is 22.8 Å². The smallest absolute Gasteiger partial charge is 0.219 e. The van der Waals surface area contributed by atoms with Gasteiger partial charge < -0.3 is 0 Å². The summed E-state index contributed by atoms with van der Waals surface area (Å²) in [6.45, 7) is 0. The molecule has 0 aliphatic carbocycles. The van der Waals surface area contributed by atoms with Gasteiger partial charge in [-0.15, -0.1) is 0 Å². The Morgan fingerprint density at radius 3 is 1.70 bits per heavy atom. The van der Waals surface area contributed by atoms with Crippen LogP contribution in [-0.2, 0) is 14.1 Å². The van der Waals surface area contributed by atoms with E-state index in [0.717, 1.165) is 22.8 Å². The van der Waals surface area contributed by atoms with Crippen LogP contribution in [0.2, 0.25) is 0 Å². The van der Waals surface area contributed by atoms with Gasteiger partial charge in [0.15, 0.2) is 11.6 Å². The maximum atomic E-state index is 7.61. The van der Waals surface area contributed by atoms with Gasteiger partial charge in [-0.3, -0.25) is 18.7 Å². The van der Waals surface area contributed by atoms with Crippen LogP contribution in [0.5, 0.6) is 0 Å². The van der Waals surface area contributed by atoms with Crippen molar-refractivity contribution in [2.45, 2.75) is 0 Å². The van der Waals surface area contributed by atoms with Crippen molar-refractivity contribution in [3.63, 3.8) is 0 Å². The molecule has 0 amide bonds. The van der Waals surface area contributed by atoms with Crippen LogP contribution in [-0.4, -0.2) is 17.9 Å². The van der Waals surface area contributed by atoms with E-state index in [1.807, 2.05) is 46.3 Å². The lowest BCUT2D eigenvalue weighted by atomic mass is 10.1. The first kappa shape index (κ1) is 12.9. The SMILES string of the molecule is Cn1sc(=N)nc1-c1cccc(-c2nc(=N)sn2C)c1. The van der Waals surface area contributed by atoms with E-state index in [1.54, 1.807) is 0 Å². The van der Waals surface area contributed by atoms with Crippen molar-refractivity contribution in [3.05, 3.63) is 33.9 Å². The molecule has 102 valence electrons. The standard InChI is InChI=1S/C12H12N6S2/c1-17-9(15-11(13)19-17)7-4-3-5-8(6-7)10-16-12(14)20-18(10)2/h3-6,13-14H,1-2H3. The predicted molar refractivity (Wildman–Crippen MR) is 78.3 cm³/mol. The van der Waals surface area contributed by atoms with Gasteiger partial charge in [-0.25, -0.2) is 0 Å². The van der Waals surface area contributed by atoms with Crippen LogP contribution in [0, 0.1) is 10.8 Å². The van der Waals surface area contributed by atoms with Crippen molar-refractivity contribution < 1.29 is 0 Å². The molecule has 0 unspecified atom stereocenters. The lowest BCUT2D eigenvalue weighted by Gasteiger charge is -2.04. The van der Waals surface area contributed by atoms with Gasteiger partial charge in [-0.1, -0.05) is 18.2 Å². The summed E-state index contributed by atoms with van der Waals surface area (Å²) < 4.78 is 3.75. The molecule has 6 nitrogen and oxygen atoms in total. The molecule has 1 aromatic carbocycles. The zero-order valence-electron chi connectivity index (χ0n) is 10.9. The van der Waals surface area contributed by atoms with Crippen LogP contribution in [0.1, 0.15) is 0 Å². The first-order chi connectivity index (χ1) is 9.54. The molecule has 2 aromatic heterocycles. The molecule has 2 N–H and O–H groups in total. The first-order valence-corrected chi connectivity index (χ1v) is 7.38. The second-order valence-corrected chi connectivity index (χ2v) is 6.47. The minimum absolute atomic E-state index is 0.292. The normalized spacial score (nSPS) is 10.9. The molecule has 0 saturated carbocycles. The fourth-order valence-corrected chi connectivity index (χ4v) is 3.25. The number of rotatable bonds is 2. The molecule has 0 radical (unpaired) electrons. The maximum absolute atomic E-state index is 7.61. The summed E-state index contributed by atoms with van der Waals surface area (Å²) in [5.74, 6) is 1.54. The van der Waals surface area contributed by atoms with E-state index < -0.39 is 0 Å². The average Bonchev–Trinajstić information content (AvgIpc) is 2.91. The Kier molecular flexibility index (Phi) is 3.11. The Hall–Kier alpha value is -2.06. The summed E-state index contributed by atoms with van der Waals surface area (Å²) in [5, 5.41) is 15.2. The summed E-state index contributed by atoms with van der Waals surface area (Å²) in [7, 11) is 3.78. The average molecular weight is 304 g/mol. The zero-order valence-corrected chi connectivity index (χ0v) is 12.5. The monoisotopic (exact) mass is 304 g/mol. The largest absolute Gasteiger partial charge is 0.281 e. The highest BCUT2D eigenvalue weighted by molar-refractivity contribution is 7.03. The minimum atomic E-state index is 0.292. The molecule has 0 atom stereocenters.